The Morgan fingerprint density at radius 2 is 2.20 bits per heavy atom. The van der Waals surface area contributed by atoms with Crippen molar-refractivity contribution in [2.75, 3.05) is 11.9 Å². The number of amides is 1. The first-order valence-electron chi connectivity index (χ1n) is 6.74. The molecule has 0 spiro atoms. The van der Waals surface area contributed by atoms with Crippen molar-refractivity contribution < 1.29 is 4.79 Å². The molecule has 1 unspecified atom stereocenters. The van der Waals surface area contributed by atoms with Gasteiger partial charge in [-0.2, -0.15) is 5.10 Å². The van der Waals surface area contributed by atoms with Crippen molar-refractivity contribution in [3.8, 4) is 0 Å². The fraction of sp³-hybridized carbons (Fsp3) is 0.333. The summed E-state index contributed by atoms with van der Waals surface area (Å²) in [5.41, 5.74) is 2.67. The molecular weight excluding hydrogens is 252 g/mol. The van der Waals surface area contributed by atoms with E-state index in [9.17, 15) is 4.79 Å². The van der Waals surface area contributed by atoms with Gasteiger partial charge in [-0.1, -0.05) is 6.07 Å². The van der Waals surface area contributed by atoms with Crippen LogP contribution in [0.4, 0.5) is 5.69 Å². The third kappa shape index (κ3) is 3.17. The van der Waals surface area contributed by atoms with Crippen LogP contribution >= 0.6 is 0 Å². The number of aryl methyl sites for hydroxylation is 1. The first-order chi connectivity index (χ1) is 9.61. The van der Waals surface area contributed by atoms with Crippen LogP contribution in [0.5, 0.6) is 0 Å². The molecule has 0 fully saturated rings. The van der Waals surface area contributed by atoms with Crippen molar-refractivity contribution >= 4 is 11.6 Å². The van der Waals surface area contributed by atoms with E-state index < -0.39 is 0 Å². The Bertz CT molecular complexity index is 591. The first kappa shape index (κ1) is 14.1. The van der Waals surface area contributed by atoms with Crippen LogP contribution in [0, 0.1) is 0 Å². The molecule has 2 rings (SSSR count). The topological polar surface area (TPSA) is 59.0 Å². The Labute approximate surface area is 119 Å². The second-order valence-electron chi connectivity index (χ2n) is 4.69. The van der Waals surface area contributed by atoms with Gasteiger partial charge in [-0.15, -0.1) is 0 Å². The number of nitrogens with zero attached hydrogens (tertiary/aromatic N) is 2. The molecule has 0 aliphatic carbocycles. The average molecular weight is 272 g/mol. The monoisotopic (exact) mass is 272 g/mol. The van der Waals surface area contributed by atoms with Gasteiger partial charge < -0.3 is 10.6 Å². The molecule has 0 radical (unpaired) electrons. The molecule has 0 aliphatic rings. The van der Waals surface area contributed by atoms with E-state index in [2.05, 4.69) is 22.7 Å². The summed E-state index contributed by atoms with van der Waals surface area (Å²) in [6.07, 6.45) is 1.78. The summed E-state index contributed by atoms with van der Waals surface area (Å²) >= 11 is 0. The van der Waals surface area contributed by atoms with E-state index in [1.54, 1.807) is 6.20 Å². The Balaban J connectivity index is 2.12. The summed E-state index contributed by atoms with van der Waals surface area (Å²) < 4.78 is 1.84. The predicted molar refractivity (Wildman–Crippen MR) is 79.7 cm³/mol. The fourth-order valence-corrected chi connectivity index (χ4v) is 2.15. The second kappa shape index (κ2) is 6.23. The van der Waals surface area contributed by atoms with Gasteiger partial charge in [0.2, 0.25) is 0 Å². The maximum atomic E-state index is 11.8. The molecule has 5 heteroatoms. The molecule has 2 aromatic rings. The van der Waals surface area contributed by atoms with Crippen LogP contribution in [0.3, 0.4) is 0 Å². The highest BCUT2D eigenvalue weighted by molar-refractivity contribution is 5.95. The second-order valence-corrected chi connectivity index (χ2v) is 4.69. The lowest BCUT2D eigenvalue weighted by Gasteiger charge is -2.16. The maximum absolute atomic E-state index is 11.8. The molecule has 0 saturated heterocycles. The molecule has 1 atom stereocenters. The lowest BCUT2D eigenvalue weighted by atomic mass is 10.1. The average Bonchev–Trinajstić information content (AvgIpc) is 2.85. The van der Waals surface area contributed by atoms with Crippen LogP contribution in [-0.4, -0.2) is 22.2 Å². The Kier molecular flexibility index (Phi) is 4.40. The number of rotatable bonds is 5. The molecular formula is C15H20N4O. The van der Waals surface area contributed by atoms with Crippen molar-refractivity contribution in [1.82, 2.24) is 15.1 Å². The maximum Gasteiger partial charge on any atom is 0.251 e. The van der Waals surface area contributed by atoms with Crippen LogP contribution in [0.15, 0.2) is 36.5 Å². The number of hydrogen-bond donors (Lipinski definition) is 2. The zero-order chi connectivity index (χ0) is 14.5. The molecule has 0 saturated carbocycles. The van der Waals surface area contributed by atoms with Crippen LogP contribution in [0.25, 0.3) is 0 Å². The quantitative estimate of drug-likeness (QED) is 0.878. The number of carbonyl (C=O) groups is 1. The number of nitrogens with one attached hydrogen (secondary N) is 2. The molecule has 1 aromatic heterocycles. The van der Waals surface area contributed by atoms with Gasteiger partial charge in [0.05, 0.1) is 11.7 Å². The van der Waals surface area contributed by atoms with E-state index in [4.69, 9.17) is 0 Å². The van der Waals surface area contributed by atoms with Crippen molar-refractivity contribution in [2.45, 2.75) is 19.9 Å². The van der Waals surface area contributed by atoms with E-state index in [1.807, 2.05) is 49.0 Å². The molecule has 20 heavy (non-hydrogen) atoms. The highest BCUT2D eigenvalue weighted by Crippen LogP contribution is 2.19. The molecule has 0 aliphatic heterocycles. The van der Waals surface area contributed by atoms with Crippen molar-refractivity contribution in [1.29, 1.82) is 0 Å². The third-order valence-corrected chi connectivity index (χ3v) is 3.15. The SMILES string of the molecule is CCNC(=O)c1cccc(NC(C)c2ccnn2C)c1. The normalized spacial score (nSPS) is 11.9. The van der Waals surface area contributed by atoms with Gasteiger partial charge in [0.25, 0.3) is 5.91 Å². The van der Waals surface area contributed by atoms with Crippen LogP contribution in [0.1, 0.15) is 35.9 Å². The molecule has 1 aromatic carbocycles. The largest absolute Gasteiger partial charge is 0.377 e. The molecule has 2 N–H and O–H groups in total. The summed E-state index contributed by atoms with van der Waals surface area (Å²) in [5, 5.41) is 10.3. The first-order valence-corrected chi connectivity index (χ1v) is 6.74. The number of benzene rings is 1. The van der Waals surface area contributed by atoms with Crippen molar-refractivity contribution in [2.24, 2.45) is 7.05 Å². The highest BCUT2D eigenvalue weighted by atomic mass is 16.1. The summed E-state index contributed by atoms with van der Waals surface area (Å²) in [6, 6.07) is 9.60. The lowest BCUT2D eigenvalue weighted by molar-refractivity contribution is 0.0956. The van der Waals surface area contributed by atoms with E-state index >= 15 is 0 Å². The fourth-order valence-electron chi connectivity index (χ4n) is 2.15. The zero-order valence-corrected chi connectivity index (χ0v) is 12.1. The summed E-state index contributed by atoms with van der Waals surface area (Å²) in [6.45, 7) is 4.60. The number of anilines is 1. The van der Waals surface area contributed by atoms with Crippen LogP contribution in [-0.2, 0) is 7.05 Å². The summed E-state index contributed by atoms with van der Waals surface area (Å²) in [4.78, 5) is 11.8. The van der Waals surface area contributed by atoms with Gasteiger partial charge in [-0.3, -0.25) is 9.48 Å². The molecule has 0 bridgehead atoms. The van der Waals surface area contributed by atoms with E-state index in [0.29, 0.717) is 12.1 Å². The Morgan fingerprint density at radius 1 is 1.40 bits per heavy atom. The van der Waals surface area contributed by atoms with Gasteiger partial charge in [0, 0.05) is 31.0 Å². The standard InChI is InChI=1S/C15H20N4O/c1-4-16-15(20)12-6-5-7-13(10-12)18-11(2)14-8-9-17-19(14)3/h5-11,18H,4H2,1-3H3,(H,16,20). The third-order valence-electron chi connectivity index (χ3n) is 3.15. The Morgan fingerprint density at radius 3 is 2.85 bits per heavy atom. The number of carbonyl (C=O) groups excluding carboxylic acids is 1. The van der Waals surface area contributed by atoms with Gasteiger partial charge in [-0.05, 0) is 38.1 Å². The minimum Gasteiger partial charge on any atom is -0.377 e. The summed E-state index contributed by atoms with van der Waals surface area (Å²) in [7, 11) is 1.92. The highest BCUT2D eigenvalue weighted by Gasteiger charge is 2.10. The Hall–Kier alpha value is -2.30. The lowest BCUT2D eigenvalue weighted by Crippen LogP contribution is -2.22. The molecule has 1 heterocycles. The van der Waals surface area contributed by atoms with E-state index in [1.165, 1.54) is 0 Å². The van der Waals surface area contributed by atoms with Crippen molar-refractivity contribution in [3.63, 3.8) is 0 Å². The van der Waals surface area contributed by atoms with Crippen LogP contribution in [0.2, 0.25) is 0 Å². The van der Waals surface area contributed by atoms with E-state index in [-0.39, 0.29) is 11.9 Å². The van der Waals surface area contributed by atoms with Crippen molar-refractivity contribution in [3.05, 3.63) is 47.8 Å². The number of aromatic nitrogens is 2. The van der Waals surface area contributed by atoms with Gasteiger partial charge >= 0.3 is 0 Å². The van der Waals surface area contributed by atoms with Gasteiger partial charge in [-0.25, -0.2) is 0 Å². The van der Waals surface area contributed by atoms with E-state index in [0.717, 1.165) is 11.4 Å². The molecule has 1 amide bonds. The van der Waals surface area contributed by atoms with Gasteiger partial charge in [0.15, 0.2) is 0 Å². The minimum atomic E-state index is -0.0515. The molecule has 5 nitrogen and oxygen atoms in total. The zero-order valence-electron chi connectivity index (χ0n) is 12.1. The number of hydrogen-bond acceptors (Lipinski definition) is 3. The van der Waals surface area contributed by atoms with Crippen LogP contribution < -0.4 is 10.6 Å². The molecule has 106 valence electrons. The minimum absolute atomic E-state index is 0.0515. The summed E-state index contributed by atoms with van der Waals surface area (Å²) in [5.74, 6) is -0.0515. The smallest absolute Gasteiger partial charge is 0.251 e. The predicted octanol–water partition coefficient (Wildman–Crippen LogP) is 2.34. The van der Waals surface area contributed by atoms with Gasteiger partial charge in [0.1, 0.15) is 0 Å².